The van der Waals surface area contributed by atoms with Crippen LogP contribution in [0.2, 0.25) is 0 Å². The van der Waals surface area contributed by atoms with Gasteiger partial charge in [0.1, 0.15) is 0 Å². The second-order valence-electron chi connectivity index (χ2n) is 7.22. The molecule has 3 aromatic rings. The molecule has 0 bridgehead atoms. The molecule has 1 aliphatic carbocycles. The van der Waals surface area contributed by atoms with Gasteiger partial charge in [0.25, 0.3) is 0 Å². The first-order valence-electron chi connectivity index (χ1n) is 9.77. The van der Waals surface area contributed by atoms with Crippen molar-refractivity contribution in [1.29, 1.82) is 0 Å². The van der Waals surface area contributed by atoms with Crippen molar-refractivity contribution >= 4 is 35.6 Å². The summed E-state index contributed by atoms with van der Waals surface area (Å²) in [4.78, 5) is 8.97. The lowest BCUT2D eigenvalue weighted by Gasteiger charge is -2.19. The molecule has 1 atom stereocenters. The van der Waals surface area contributed by atoms with Gasteiger partial charge in [-0.15, -0.1) is 24.0 Å². The molecule has 0 amide bonds. The first-order valence-corrected chi connectivity index (χ1v) is 9.77. The van der Waals surface area contributed by atoms with Crippen molar-refractivity contribution in [2.45, 2.75) is 38.5 Å². The molecule has 6 nitrogen and oxygen atoms in total. The number of halogens is 1. The minimum atomic E-state index is -0.0185. The Labute approximate surface area is 188 Å². The van der Waals surface area contributed by atoms with E-state index < -0.39 is 0 Å². The van der Waals surface area contributed by atoms with Crippen LogP contribution in [-0.2, 0) is 12.8 Å². The van der Waals surface area contributed by atoms with E-state index in [4.69, 9.17) is 10.3 Å². The van der Waals surface area contributed by atoms with Crippen LogP contribution in [0.1, 0.15) is 42.7 Å². The molecule has 0 spiro atoms. The number of aliphatic imine (C=N–C) groups is 1. The highest BCUT2D eigenvalue weighted by Gasteiger charge is 2.16. The molecule has 0 fully saturated rings. The Hall–Kier alpha value is -2.42. The van der Waals surface area contributed by atoms with Crippen LogP contribution in [0.4, 0.5) is 5.69 Å². The summed E-state index contributed by atoms with van der Waals surface area (Å²) < 4.78 is 5.41. The van der Waals surface area contributed by atoms with E-state index in [0.717, 1.165) is 24.1 Å². The van der Waals surface area contributed by atoms with E-state index in [1.807, 2.05) is 37.3 Å². The zero-order valence-electron chi connectivity index (χ0n) is 16.5. The number of aryl methyl sites for hydroxylation is 1. The van der Waals surface area contributed by atoms with Gasteiger partial charge in [-0.25, -0.2) is 0 Å². The molecule has 7 heteroatoms. The smallest absolute Gasteiger partial charge is 0.231 e. The lowest BCUT2D eigenvalue weighted by molar-refractivity contribution is 0.361. The van der Waals surface area contributed by atoms with Crippen LogP contribution in [-0.4, -0.2) is 22.6 Å². The highest BCUT2D eigenvalue weighted by atomic mass is 127. The Morgan fingerprint density at radius 3 is 2.76 bits per heavy atom. The van der Waals surface area contributed by atoms with Crippen LogP contribution >= 0.6 is 24.0 Å². The van der Waals surface area contributed by atoms with Gasteiger partial charge in [0.05, 0.1) is 12.5 Å². The lowest BCUT2D eigenvalue weighted by atomic mass is 9.90. The third-order valence-electron chi connectivity index (χ3n) is 5.09. The number of fused-ring (bicyclic) bond motifs is 1. The summed E-state index contributed by atoms with van der Waals surface area (Å²) >= 11 is 0. The fourth-order valence-corrected chi connectivity index (χ4v) is 3.53. The topological polar surface area (TPSA) is 89.3 Å². The molecule has 29 heavy (non-hydrogen) atoms. The predicted molar refractivity (Wildman–Crippen MR) is 127 cm³/mol. The maximum Gasteiger partial charge on any atom is 0.231 e. The molecule has 1 heterocycles. The number of hydrogen-bond acceptors (Lipinski definition) is 4. The maximum absolute atomic E-state index is 6.13. The van der Waals surface area contributed by atoms with E-state index in [1.165, 1.54) is 24.0 Å². The van der Waals surface area contributed by atoms with Gasteiger partial charge in [-0.1, -0.05) is 54.5 Å². The third-order valence-corrected chi connectivity index (χ3v) is 5.09. The summed E-state index contributed by atoms with van der Waals surface area (Å²) in [5, 5.41) is 7.34. The molecule has 1 unspecified atom stereocenters. The fourth-order valence-electron chi connectivity index (χ4n) is 3.53. The molecule has 4 rings (SSSR count). The van der Waals surface area contributed by atoms with Crippen LogP contribution in [0.15, 0.2) is 58.0 Å². The van der Waals surface area contributed by atoms with Crippen molar-refractivity contribution in [2.75, 3.05) is 11.9 Å². The number of nitrogens with two attached hydrogens (primary N) is 1. The molecule has 0 saturated heterocycles. The Morgan fingerprint density at radius 1 is 1.14 bits per heavy atom. The van der Waals surface area contributed by atoms with Gasteiger partial charge in [-0.05, 0) is 42.9 Å². The number of anilines is 1. The van der Waals surface area contributed by atoms with E-state index in [2.05, 4.69) is 38.6 Å². The highest BCUT2D eigenvalue weighted by Crippen LogP contribution is 2.27. The van der Waals surface area contributed by atoms with Crippen LogP contribution in [0.3, 0.4) is 0 Å². The zero-order chi connectivity index (χ0) is 19.3. The summed E-state index contributed by atoms with van der Waals surface area (Å²) in [5.74, 6) is 1.55. The van der Waals surface area contributed by atoms with Crippen LogP contribution in [0, 0.1) is 0 Å². The van der Waals surface area contributed by atoms with E-state index >= 15 is 0 Å². The minimum Gasteiger partial charge on any atom is -0.370 e. The van der Waals surface area contributed by atoms with E-state index in [1.54, 1.807) is 0 Å². The average molecular weight is 503 g/mol. The number of nitrogens with one attached hydrogen (secondary N) is 1. The molecule has 152 valence electrons. The second kappa shape index (κ2) is 9.87. The maximum atomic E-state index is 6.13. The molecule has 2 aromatic carbocycles. The second-order valence-corrected chi connectivity index (χ2v) is 7.22. The standard InChI is InChI=1S/C22H25N5O.HI/c1-15(21-26-20(27-28-21)17-9-3-2-4-10-17)14-24-22(23)25-19-13-7-11-16-8-5-6-12-18(16)19;/h2-4,7,9-11,13,15H,5-6,8,12,14H2,1H3,(H3,23,24,25);1H. The Balaban J connectivity index is 0.00000240. The van der Waals surface area contributed by atoms with Crippen molar-refractivity contribution in [3.05, 3.63) is 65.5 Å². The SMILES string of the molecule is CC(CN=C(N)Nc1cccc2c1CCCC2)c1nc(-c2ccccc2)no1.I. The van der Waals surface area contributed by atoms with Gasteiger partial charge in [0, 0.05) is 11.3 Å². The summed E-state index contributed by atoms with van der Waals surface area (Å²) in [6, 6.07) is 16.1. The molecular formula is C22H26IN5O. The molecule has 0 radical (unpaired) electrons. The molecule has 1 aliphatic rings. The summed E-state index contributed by atoms with van der Waals surface area (Å²) in [5.41, 5.74) is 10.9. The van der Waals surface area contributed by atoms with Crippen LogP contribution in [0.5, 0.6) is 0 Å². The van der Waals surface area contributed by atoms with Crippen molar-refractivity contribution in [3.63, 3.8) is 0 Å². The number of rotatable bonds is 5. The van der Waals surface area contributed by atoms with Gasteiger partial charge >= 0.3 is 0 Å². The van der Waals surface area contributed by atoms with Gasteiger partial charge in [-0.2, -0.15) is 4.98 Å². The number of aromatic nitrogens is 2. The summed E-state index contributed by atoms with van der Waals surface area (Å²) in [7, 11) is 0. The normalized spacial score (nSPS) is 14.6. The Kier molecular flexibility index (Phi) is 7.24. The predicted octanol–water partition coefficient (Wildman–Crippen LogP) is 4.76. The van der Waals surface area contributed by atoms with Crippen LogP contribution in [0.25, 0.3) is 11.4 Å². The monoisotopic (exact) mass is 503 g/mol. The molecule has 0 aliphatic heterocycles. The van der Waals surface area contributed by atoms with Gasteiger partial charge in [0.2, 0.25) is 11.7 Å². The molecular weight excluding hydrogens is 477 g/mol. The molecule has 0 saturated carbocycles. The first-order chi connectivity index (χ1) is 13.7. The van der Waals surface area contributed by atoms with E-state index in [0.29, 0.717) is 24.2 Å². The Bertz CT molecular complexity index is 970. The van der Waals surface area contributed by atoms with E-state index in [-0.39, 0.29) is 29.9 Å². The average Bonchev–Trinajstić information content (AvgIpc) is 3.23. The van der Waals surface area contributed by atoms with Gasteiger partial charge in [-0.3, -0.25) is 4.99 Å². The van der Waals surface area contributed by atoms with Crippen molar-refractivity contribution in [2.24, 2.45) is 10.7 Å². The minimum absolute atomic E-state index is 0. The van der Waals surface area contributed by atoms with Crippen LogP contribution < -0.4 is 11.1 Å². The zero-order valence-corrected chi connectivity index (χ0v) is 18.8. The highest BCUT2D eigenvalue weighted by molar-refractivity contribution is 14.0. The van der Waals surface area contributed by atoms with E-state index in [9.17, 15) is 0 Å². The largest absolute Gasteiger partial charge is 0.370 e. The third kappa shape index (κ3) is 5.14. The first kappa shape index (κ1) is 21.3. The summed E-state index contributed by atoms with van der Waals surface area (Å²) in [6.07, 6.45) is 4.71. The lowest BCUT2D eigenvalue weighted by Crippen LogP contribution is -2.24. The number of nitrogens with zero attached hydrogens (tertiary/aromatic N) is 3. The van der Waals surface area contributed by atoms with Crippen molar-refractivity contribution in [3.8, 4) is 11.4 Å². The fraction of sp³-hybridized carbons (Fsp3) is 0.318. The molecule has 1 aromatic heterocycles. The van der Waals surface area contributed by atoms with Crippen molar-refractivity contribution < 1.29 is 4.52 Å². The number of guanidine groups is 1. The van der Waals surface area contributed by atoms with Gasteiger partial charge in [0.15, 0.2) is 5.96 Å². The number of hydrogen-bond donors (Lipinski definition) is 2. The quantitative estimate of drug-likeness (QED) is 0.298. The van der Waals surface area contributed by atoms with Gasteiger partial charge < -0.3 is 15.6 Å². The Morgan fingerprint density at radius 2 is 1.93 bits per heavy atom. The van der Waals surface area contributed by atoms with Crippen molar-refractivity contribution in [1.82, 2.24) is 10.1 Å². The molecule has 3 N–H and O–H groups in total. The number of benzene rings is 2. The summed E-state index contributed by atoms with van der Waals surface area (Å²) in [6.45, 7) is 2.48.